The molecule has 0 spiro atoms. The summed E-state index contributed by atoms with van der Waals surface area (Å²) in [5.41, 5.74) is 2.64. The molecule has 0 unspecified atom stereocenters. The van der Waals surface area contributed by atoms with E-state index in [1.807, 2.05) is 65.3 Å². The minimum atomic E-state index is 0.0111. The zero-order valence-corrected chi connectivity index (χ0v) is 10.1. The van der Waals surface area contributed by atoms with E-state index in [9.17, 15) is 4.79 Å². The van der Waals surface area contributed by atoms with Crippen LogP contribution in [0, 0.1) is 0 Å². The van der Waals surface area contributed by atoms with Crippen molar-refractivity contribution in [3.8, 4) is 11.3 Å². The van der Waals surface area contributed by atoms with E-state index in [0.29, 0.717) is 5.52 Å². The number of fused-ring (bicyclic) bond motifs is 1. The Hall–Kier alpha value is -2.42. The maximum atomic E-state index is 12.3. The molecule has 0 atom stereocenters. The van der Waals surface area contributed by atoms with Crippen LogP contribution < -0.4 is 9.96 Å². The molecular weight excluding hydrogens is 224 g/mol. The van der Waals surface area contributed by atoms with E-state index in [0.717, 1.165) is 11.3 Å². The monoisotopic (exact) mass is 237 g/mol. The third-order valence-corrected chi connectivity index (χ3v) is 3.11. The van der Waals surface area contributed by atoms with Crippen molar-refractivity contribution in [2.24, 2.45) is 7.05 Å². The second kappa shape index (κ2) is 4.11. The molecule has 3 nitrogen and oxygen atoms in total. The Morgan fingerprint density at radius 2 is 1.72 bits per heavy atom. The van der Waals surface area contributed by atoms with Gasteiger partial charge in [0.1, 0.15) is 5.69 Å². The molecule has 0 aliphatic carbocycles. The first-order valence-corrected chi connectivity index (χ1v) is 5.83. The summed E-state index contributed by atoms with van der Waals surface area (Å²) in [5.74, 6) is 0. The van der Waals surface area contributed by atoms with Gasteiger partial charge in [0, 0.05) is 24.7 Å². The summed E-state index contributed by atoms with van der Waals surface area (Å²) >= 11 is 0. The Morgan fingerprint density at radius 1 is 1.00 bits per heavy atom. The number of rotatable bonds is 1. The van der Waals surface area contributed by atoms with Crippen molar-refractivity contribution in [1.29, 1.82) is 0 Å². The second-order valence-corrected chi connectivity index (χ2v) is 4.24. The first-order chi connectivity index (χ1) is 8.77. The van der Waals surface area contributed by atoms with Crippen molar-refractivity contribution in [1.82, 2.24) is 4.57 Å². The van der Waals surface area contributed by atoms with Crippen LogP contribution in [0.4, 0.5) is 0 Å². The molecule has 0 radical (unpaired) electrons. The highest BCUT2D eigenvalue weighted by molar-refractivity contribution is 5.58. The van der Waals surface area contributed by atoms with Gasteiger partial charge in [-0.05, 0) is 6.07 Å². The predicted molar refractivity (Wildman–Crippen MR) is 70.3 cm³/mol. The smallest absolute Gasteiger partial charge is 0.300 e. The summed E-state index contributed by atoms with van der Waals surface area (Å²) in [7, 11) is 1.80. The molecular formula is C15H13N2O+. The topological polar surface area (TPSA) is 26.1 Å². The van der Waals surface area contributed by atoms with Crippen LogP contribution in [-0.4, -0.2) is 4.57 Å². The minimum Gasteiger partial charge on any atom is -0.300 e. The lowest BCUT2D eigenvalue weighted by Crippen LogP contribution is -2.33. The summed E-state index contributed by atoms with van der Waals surface area (Å²) in [5, 5.41) is 0. The van der Waals surface area contributed by atoms with E-state index >= 15 is 0 Å². The molecule has 0 fully saturated rings. The van der Waals surface area contributed by atoms with Crippen LogP contribution >= 0.6 is 0 Å². The van der Waals surface area contributed by atoms with Crippen LogP contribution in [0.1, 0.15) is 0 Å². The molecule has 18 heavy (non-hydrogen) atoms. The zero-order chi connectivity index (χ0) is 12.5. The standard InChI is InChI=1S/C15H13N2O/c1-16-14(12-7-3-2-4-8-12)11-17-10-6-5-9-13(17)15(16)18/h2-11H,1H3/q+1. The SMILES string of the molecule is Cn1c(-c2ccccc2)c[n+]2ccccc2c1=O. The predicted octanol–water partition coefficient (Wildman–Crippen LogP) is 1.79. The molecule has 3 aromatic rings. The molecule has 0 saturated heterocycles. The van der Waals surface area contributed by atoms with Crippen LogP contribution in [0.25, 0.3) is 16.8 Å². The van der Waals surface area contributed by atoms with Gasteiger partial charge in [-0.15, -0.1) is 0 Å². The molecule has 0 N–H and O–H groups in total. The van der Waals surface area contributed by atoms with Crippen molar-refractivity contribution in [2.75, 3.05) is 0 Å². The molecule has 2 heterocycles. The van der Waals surface area contributed by atoms with E-state index in [-0.39, 0.29) is 5.56 Å². The molecule has 0 amide bonds. The normalized spacial score (nSPS) is 10.7. The molecule has 88 valence electrons. The summed E-state index contributed by atoms with van der Waals surface area (Å²) in [6, 6.07) is 15.5. The van der Waals surface area contributed by atoms with Gasteiger partial charge in [-0.25, -0.2) is 0 Å². The van der Waals surface area contributed by atoms with E-state index in [1.54, 1.807) is 11.6 Å². The number of hydrogen-bond donors (Lipinski definition) is 0. The molecule has 0 saturated carbocycles. The highest BCUT2D eigenvalue weighted by Gasteiger charge is 2.13. The number of hydrogen-bond acceptors (Lipinski definition) is 1. The number of aromatic nitrogens is 2. The molecule has 3 rings (SSSR count). The van der Waals surface area contributed by atoms with Crippen LogP contribution in [0.2, 0.25) is 0 Å². The van der Waals surface area contributed by atoms with E-state index in [4.69, 9.17) is 0 Å². The largest absolute Gasteiger partial charge is 0.323 e. The molecule has 0 aliphatic heterocycles. The van der Waals surface area contributed by atoms with Gasteiger partial charge in [-0.3, -0.25) is 4.79 Å². The maximum Gasteiger partial charge on any atom is 0.323 e. The van der Waals surface area contributed by atoms with E-state index in [1.165, 1.54) is 0 Å². The summed E-state index contributed by atoms with van der Waals surface area (Å²) in [4.78, 5) is 12.3. The quantitative estimate of drug-likeness (QED) is 0.593. The average molecular weight is 237 g/mol. The van der Waals surface area contributed by atoms with Crippen LogP contribution in [0.3, 0.4) is 0 Å². The van der Waals surface area contributed by atoms with Crippen LogP contribution in [0.15, 0.2) is 65.7 Å². The molecule has 2 aromatic heterocycles. The van der Waals surface area contributed by atoms with Crippen LogP contribution in [0.5, 0.6) is 0 Å². The Labute approximate surface area is 105 Å². The van der Waals surface area contributed by atoms with Crippen LogP contribution in [-0.2, 0) is 7.05 Å². The van der Waals surface area contributed by atoms with Gasteiger partial charge >= 0.3 is 5.56 Å². The second-order valence-electron chi connectivity index (χ2n) is 4.24. The fourth-order valence-corrected chi connectivity index (χ4v) is 2.13. The zero-order valence-electron chi connectivity index (χ0n) is 10.1. The Bertz CT molecular complexity index is 760. The van der Waals surface area contributed by atoms with Crippen molar-refractivity contribution in [2.45, 2.75) is 0 Å². The maximum absolute atomic E-state index is 12.3. The van der Waals surface area contributed by atoms with Gasteiger partial charge in [0.2, 0.25) is 0 Å². The lowest BCUT2D eigenvalue weighted by molar-refractivity contribution is -0.512. The van der Waals surface area contributed by atoms with E-state index in [2.05, 4.69) is 0 Å². The third-order valence-electron chi connectivity index (χ3n) is 3.11. The fraction of sp³-hybridized carbons (Fsp3) is 0.0667. The first-order valence-electron chi connectivity index (χ1n) is 5.83. The Morgan fingerprint density at radius 3 is 2.50 bits per heavy atom. The Balaban J connectivity index is 2.38. The van der Waals surface area contributed by atoms with Crippen molar-refractivity contribution in [3.63, 3.8) is 0 Å². The van der Waals surface area contributed by atoms with Crippen molar-refractivity contribution < 1.29 is 4.40 Å². The summed E-state index contributed by atoms with van der Waals surface area (Å²) in [6.45, 7) is 0. The van der Waals surface area contributed by atoms with Gasteiger partial charge in [0.05, 0.1) is 0 Å². The Kier molecular flexibility index (Phi) is 2.45. The fourth-order valence-electron chi connectivity index (χ4n) is 2.13. The van der Waals surface area contributed by atoms with Gasteiger partial charge in [-0.1, -0.05) is 30.3 Å². The highest BCUT2D eigenvalue weighted by Crippen LogP contribution is 2.15. The third kappa shape index (κ3) is 1.61. The first kappa shape index (κ1) is 10.7. The van der Waals surface area contributed by atoms with Gasteiger partial charge in [0.15, 0.2) is 12.4 Å². The lowest BCUT2D eigenvalue weighted by atomic mass is 10.1. The minimum absolute atomic E-state index is 0.0111. The average Bonchev–Trinajstić information content (AvgIpc) is 2.44. The molecule has 1 aromatic carbocycles. The lowest BCUT2D eigenvalue weighted by Gasteiger charge is -2.05. The van der Waals surface area contributed by atoms with Gasteiger partial charge in [0.25, 0.3) is 5.52 Å². The summed E-state index contributed by atoms with van der Waals surface area (Å²) < 4.78 is 3.55. The van der Waals surface area contributed by atoms with E-state index < -0.39 is 0 Å². The number of benzene rings is 1. The van der Waals surface area contributed by atoms with Crippen molar-refractivity contribution >= 4 is 5.52 Å². The summed E-state index contributed by atoms with van der Waals surface area (Å²) in [6.07, 6.45) is 3.87. The highest BCUT2D eigenvalue weighted by atomic mass is 16.1. The van der Waals surface area contributed by atoms with Gasteiger partial charge in [-0.2, -0.15) is 4.40 Å². The molecule has 0 bridgehead atoms. The van der Waals surface area contributed by atoms with Gasteiger partial charge < -0.3 is 4.57 Å². The van der Waals surface area contributed by atoms with Crippen molar-refractivity contribution in [3.05, 3.63) is 71.3 Å². The molecule has 0 aliphatic rings. The number of nitrogens with zero attached hydrogens (tertiary/aromatic N) is 2. The molecule has 3 heteroatoms. The number of pyridine rings is 1.